The maximum Gasteiger partial charge on any atom is 0.179 e. The van der Waals surface area contributed by atoms with Crippen LogP contribution in [0, 0.1) is 5.92 Å². The quantitative estimate of drug-likeness (QED) is 0.457. The summed E-state index contributed by atoms with van der Waals surface area (Å²) in [6, 6.07) is -0.334. The summed E-state index contributed by atoms with van der Waals surface area (Å²) in [6.45, 7) is 1.82. The minimum atomic E-state index is -4.32. The van der Waals surface area contributed by atoms with Crippen LogP contribution in [0.1, 0.15) is 13.3 Å². The maximum atomic E-state index is 10.6. The number of nitrogens with zero attached hydrogens (tertiary/aromatic N) is 1. The second-order valence-electron chi connectivity index (χ2n) is 4.39. The maximum absolute atomic E-state index is 10.6. The Balaban J connectivity index is 2.58. The van der Waals surface area contributed by atoms with Crippen LogP contribution >= 0.6 is 7.94 Å². The second-order valence-corrected chi connectivity index (χ2v) is 6.03. The molecule has 1 fully saturated rings. The molecule has 0 aromatic rings. The van der Waals surface area contributed by atoms with Gasteiger partial charge in [-0.3, -0.25) is 9.89 Å². The number of methoxy groups -OCH3 is 1. The highest BCUT2D eigenvalue weighted by atomic mass is 31.2. The average Bonchev–Trinajstić information content (AvgIpc) is 2.27. The van der Waals surface area contributed by atoms with Gasteiger partial charge in [-0.05, 0) is 12.3 Å². The van der Waals surface area contributed by atoms with Crippen molar-refractivity contribution in [1.82, 2.24) is 0 Å². The van der Waals surface area contributed by atoms with Gasteiger partial charge in [0.05, 0.1) is 20.7 Å². The summed E-state index contributed by atoms with van der Waals surface area (Å²) >= 11 is 0. The van der Waals surface area contributed by atoms with Gasteiger partial charge in [-0.25, -0.2) is 0 Å². The molecule has 0 aliphatic carbocycles. The molecule has 7 nitrogen and oxygen atoms in total. The van der Waals surface area contributed by atoms with E-state index in [0.717, 1.165) is 6.21 Å². The van der Waals surface area contributed by atoms with Gasteiger partial charge in [-0.1, -0.05) is 6.92 Å². The van der Waals surface area contributed by atoms with Crippen molar-refractivity contribution in [2.75, 3.05) is 19.9 Å². The molecule has 8 heteroatoms. The lowest BCUT2D eigenvalue weighted by Crippen LogP contribution is -2.45. The minimum Gasteiger partial charge on any atom is -0.659 e. The van der Waals surface area contributed by atoms with E-state index in [1.54, 1.807) is 0 Å². The fraction of sp³-hybridized carbons (Fsp3) is 0.900. The molecule has 1 heterocycles. The molecule has 0 aromatic carbocycles. The molecule has 1 saturated heterocycles. The van der Waals surface area contributed by atoms with Gasteiger partial charge in [-0.15, -0.1) is 0 Å². The van der Waals surface area contributed by atoms with E-state index >= 15 is 0 Å². The largest absolute Gasteiger partial charge is 0.659 e. The van der Waals surface area contributed by atoms with Crippen molar-refractivity contribution >= 4 is 14.2 Å². The first kappa shape index (κ1) is 15.9. The molecular weight excluding hydrogens is 261 g/mol. The molecule has 0 amide bonds. The Morgan fingerprint density at radius 1 is 1.56 bits per heavy atom. The normalized spacial score (nSPS) is 34.1. The van der Waals surface area contributed by atoms with Crippen molar-refractivity contribution in [3.8, 4) is 0 Å². The third kappa shape index (κ3) is 4.85. The van der Waals surface area contributed by atoms with Gasteiger partial charge in [0.25, 0.3) is 0 Å². The molecule has 1 rings (SSSR count). The van der Waals surface area contributed by atoms with Crippen LogP contribution < -0.4 is 9.79 Å². The Kier molecular flexibility index (Phi) is 6.07. The van der Waals surface area contributed by atoms with Crippen LogP contribution in [0.4, 0.5) is 0 Å². The smallest absolute Gasteiger partial charge is 0.179 e. The van der Waals surface area contributed by atoms with Crippen LogP contribution in [0.3, 0.4) is 0 Å². The highest BCUT2D eigenvalue weighted by Crippen LogP contribution is 2.32. The number of ether oxygens (including phenoxy) is 2. The molecule has 1 aliphatic heterocycles. The van der Waals surface area contributed by atoms with Crippen molar-refractivity contribution in [2.45, 2.75) is 31.8 Å². The molecule has 0 bridgehead atoms. The lowest BCUT2D eigenvalue weighted by molar-refractivity contribution is -0.330. The standard InChI is InChI=1S/C10H20NO6P/c1-7-5-8(11-3-4-18(13,14)15)10(16-2)17-9(7)6-12/h3,7-10,12H,4-6H2,1-2H3,(H2,13,14,15)/p-1. The summed E-state index contributed by atoms with van der Waals surface area (Å²) in [6.07, 6.45) is 0.357. The van der Waals surface area contributed by atoms with Crippen LogP contribution in [0.15, 0.2) is 4.99 Å². The monoisotopic (exact) mass is 280 g/mol. The van der Waals surface area contributed by atoms with E-state index in [4.69, 9.17) is 19.5 Å². The molecule has 0 radical (unpaired) electrons. The zero-order valence-corrected chi connectivity index (χ0v) is 11.3. The molecule has 0 spiro atoms. The number of aliphatic hydroxyl groups excluding tert-OH is 1. The van der Waals surface area contributed by atoms with E-state index in [-0.39, 0.29) is 24.7 Å². The zero-order chi connectivity index (χ0) is 13.8. The van der Waals surface area contributed by atoms with Gasteiger partial charge in [0.2, 0.25) is 0 Å². The van der Waals surface area contributed by atoms with E-state index in [0.29, 0.717) is 6.42 Å². The molecule has 18 heavy (non-hydrogen) atoms. The Hall–Kier alpha value is -0.140. The summed E-state index contributed by atoms with van der Waals surface area (Å²) in [5.74, 6) is 0.0942. The Morgan fingerprint density at radius 3 is 2.72 bits per heavy atom. The molecule has 106 valence electrons. The molecule has 4 atom stereocenters. The van der Waals surface area contributed by atoms with Crippen LogP contribution in [0.25, 0.3) is 0 Å². The van der Waals surface area contributed by atoms with Crippen molar-refractivity contribution < 1.29 is 29.3 Å². The van der Waals surface area contributed by atoms with Crippen LogP contribution in [0.5, 0.6) is 0 Å². The Labute approximate surface area is 107 Å². The number of hydrogen-bond acceptors (Lipinski definition) is 7. The second kappa shape index (κ2) is 6.86. The number of aliphatic hydroxyl groups is 1. The van der Waals surface area contributed by atoms with Crippen LogP contribution in [-0.4, -0.2) is 54.5 Å². The van der Waals surface area contributed by atoms with Gasteiger partial charge < -0.3 is 24.4 Å². The fourth-order valence-corrected chi connectivity index (χ4v) is 2.19. The van der Waals surface area contributed by atoms with Crippen LogP contribution in [-0.2, 0) is 9.47 Å². The minimum absolute atomic E-state index is 0.0934. The SMILES string of the molecule is COC1OC(CO)C(C)CC1N=CC[P+]([O-])([O-])O. The first-order valence-corrected chi connectivity index (χ1v) is 7.47. The zero-order valence-electron chi connectivity index (χ0n) is 10.4. The fourth-order valence-electron chi connectivity index (χ4n) is 1.89. The van der Waals surface area contributed by atoms with Crippen molar-refractivity contribution in [2.24, 2.45) is 10.9 Å². The van der Waals surface area contributed by atoms with Gasteiger partial charge in [0, 0.05) is 13.3 Å². The topological polar surface area (TPSA) is 117 Å². The van der Waals surface area contributed by atoms with Crippen molar-refractivity contribution in [3.63, 3.8) is 0 Å². The number of rotatable bonds is 5. The average molecular weight is 280 g/mol. The van der Waals surface area contributed by atoms with Crippen molar-refractivity contribution in [3.05, 3.63) is 0 Å². The summed E-state index contributed by atoms with van der Waals surface area (Å²) in [5, 5.41) is 9.11. The van der Waals surface area contributed by atoms with Gasteiger partial charge in [-0.2, -0.15) is 0 Å². The molecule has 0 saturated carbocycles. The highest BCUT2D eigenvalue weighted by Gasteiger charge is 2.35. The third-order valence-corrected chi connectivity index (χ3v) is 3.52. The molecule has 1 aliphatic rings. The van der Waals surface area contributed by atoms with Gasteiger partial charge in [0.1, 0.15) is 12.2 Å². The molecule has 0 aromatic heterocycles. The van der Waals surface area contributed by atoms with Crippen LogP contribution in [0.2, 0.25) is 0 Å². The van der Waals surface area contributed by atoms with E-state index in [1.807, 2.05) is 6.92 Å². The van der Waals surface area contributed by atoms with Gasteiger partial charge in [0.15, 0.2) is 6.29 Å². The first-order valence-electron chi connectivity index (χ1n) is 5.71. The Bertz CT molecular complexity index is 282. The predicted octanol–water partition coefficient (Wildman–Crippen LogP) is -1.71. The van der Waals surface area contributed by atoms with Crippen molar-refractivity contribution in [1.29, 1.82) is 0 Å². The molecule has 2 N–H and O–H groups in total. The third-order valence-electron chi connectivity index (χ3n) is 2.89. The van der Waals surface area contributed by atoms with E-state index in [9.17, 15) is 9.79 Å². The van der Waals surface area contributed by atoms with E-state index in [2.05, 4.69) is 4.99 Å². The predicted molar refractivity (Wildman–Crippen MR) is 62.8 cm³/mol. The van der Waals surface area contributed by atoms with E-state index < -0.39 is 20.4 Å². The van der Waals surface area contributed by atoms with E-state index in [1.165, 1.54) is 7.11 Å². The molecule has 4 unspecified atom stereocenters. The first-order chi connectivity index (χ1) is 8.37. The van der Waals surface area contributed by atoms with Gasteiger partial charge >= 0.3 is 0 Å². The summed E-state index contributed by atoms with van der Waals surface area (Å²) < 4.78 is 10.6. The number of hydrogen-bond donors (Lipinski definition) is 2. The lowest BCUT2D eigenvalue weighted by atomic mass is 9.93. The molecular formula is C10H19NO6P-. The summed E-state index contributed by atoms with van der Waals surface area (Å²) in [7, 11) is -2.86. The summed E-state index contributed by atoms with van der Waals surface area (Å²) in [5.41, 5.74) is 0. The highest BCUT2D eigenvalue weighted by molar-refractivity contribution is 7.56. The lowest BCUT2D eigenvalue weighted by Gasteiger charge is -2.37. The summed E-state index contributed by atoms with van der Waals surface area (Å²) in [4.78, 5) is 33.8. The number of aliphatic imine (C=N–C) groups is 1. The Morgan fingerprint density at radius 2 is 2.22 bits per heavy atom.